The van der Waals surface area contributed by atoms with E-state index in [4.69, 9.17) is 5.84 Å². The molecule has 5 N–H and O–H groups in total. The summed E-state index contributed by atoms with van der Waals surface area (Å²) in [7, 11) is 0. The number of hydrogen-bond acceptors (Lipinski definition) is 6. The molecule has 0 saturated heterocycles. The number of likely N-dealkylation sites (N-methyl/N-ethyl adjacent to an activating group) is 1. The number of nitrogens with one attached hydrogen (secondary N) is 3. The van der Waals surface area contributed by atoms with Crippen LogP contribution < -0.4 is 21.9 Å². The van der Waals surface area contributed by atoms with Crippen molar-refractivity contribution in [1.82, 2.24) is 15.3 Å². The van der Waals surface area contributed by atoms with Gasteiger partial charge in [0.15, 0.2) is 0 Å². The number of nitrogen functional groups attached to an aromatic ring is 1. The van der Waals surface area contributed by atoms with Gasteiger partial charge in [0, 0.05) is 17.5 Å². The van der Waals surface area contributed by atoms with E-state index in [1.165, 1.54) is 0 Å². The molecule has 1 aromatic rings. The van der Waals surface area contributed by atoms with Crippen LogP contribution in [0.1, 0.15) is 46.0 Å². The number of rotatable bonds is 5. The first kappa shape index (κ1) is 17.2. The molecule has 0 bridgehead atoms. The SMILES string of the molecule is CCNC(=O)C(C)Nc1nc(C(C)(C)C)nc(NN)c1C. The summed E-state index contributed by atoms with van der Waals surface area (Å²) in [6.45, 7) is 12.2. The lowest BCUT2D eigenvalue weighted by Crippen LogP contribution is -2.38. The molecular formula is C14H26N6O. The molecule has 0 fully saturated rings. The lowest BCUT2D eigenvalue weighted by atomic mass is 9.95. The first-order valence-electron chi connectivity index (χ1n) is 7.10. The Balaban J connectivity index is 3.13. The van der Waals surface area contributed by atoms with E-state index in [0.29, 0.717) is 24.0 Å². The molecule has 1 aromatic heterocycles. The Morgan fingerprint density at radius 3 is 2.33 bits per heavy atom. The Morgan fingerprint density at radius 1 is 1.29 bits per heavy atom. The van der Waals surface area contributed by atoms with Crippen LogP contribution in [0.5, 0.6) is 0 Å². The minimum absolute atomic E-state index is 0.0740. The zero-order valence-corrected chi connectivity index (χ0v) is 13.7. The highest BCUT2D eigenvalue weighted by atomic mass is 16.2. The summed E-state index contributed by atoms with van der Waals surface area (Å²) in [4.78, 5) is 20.8. The van der Waals surface area contributed by atoms with Crippen LogP contribution in [0.25, 0.3) is 0 Å². The quantitative estimate of drug-likeness (QED) is 0.482. The molecule has 0 aromatic carbocycles. The summed E-state index contributed by atoms with van der Waals surface area (Å²) in [5, 5.41) is 5.90. The minimum Gasteiger partial charge on any atom is -0.358 e. The van der Waals surface area contributed by atoms with Gasteiger partial charge in [-0.05, 0) is 20.8 Å². The van der Waals surface area contributed by atoms with E-state index in [2.05, 4.69) is 26.0 Å². The van der Waals surface area contributed by atoms with Crippen LogP contribution in [0.2, 0.25) is 0 Å². The van der Waals surface area contributed by atoms with Crippen molar-refractivity contribution in [2.24, 2.45) is 5.84 Å². The van der Waals surface area contributed by atoms with E-state index in [-0.39, 0.29) is 11.3 Å². The van der Waals surface area contributed by atoms with E-state index < -0.39 is 6.04 Å². The number of hydrogen-bond donors (Lipinski definition) is 4. The van der Waals surface area contributed by atoms with Gasteiger partial charge in [0.2, 0.25) is 5.91 Å². The van der Waals surface area contributed by atoms with E-state index >= 15 is 0 Å². The smallest absolute Gasteiger partial charge is 0.242 e. The Bertz CT molecular complexity index is 509. The molecule has 7 nitrogen and oxygen atoms in total. The van der Waals surface area contributed by atoms with Crippen molar-refractivity contribution in [1.29, 1.82) is 0 Å². The van der Waals surface area contributed by atoms with Crippen LogP contribution in [-0.2, 0) is 10.2 Å². The second-order valence-corrected chi connectivity index (χ2v) is 6.02. The molecule has 0 aliphatic rings. The largest absolute Gasteiger partial charge is 0.358 e. The zero-order valence-electron chi connectivity index (χ0n) is 13.7. The van der Waals surface area contributed by atoms with Crippen LogP contribution >= 0.6 is 0 Å². The van der Waals surface area contributed by atoms with Crippen molar-refractivity contribution in [2.75, 3.05) is 17.3 Å². The van der Waals surface area contributed by atoms with Gasteiger partial charge >= 0.3 is 0 Å². The molecule has 1 rings (SSSR count). The monoisotopic (exact) mass is 294 g/mol. The summed E-state index contributed by atoms with van der Waals surface area (Å²) in [5.41, 5.74) is 3.15. The average molecular weight is 294 g/mol. The maximum atomic E-state index is 11.8. The molecule has 1 amide bonds. The highest BCUT2D eigenvalue weighted by Crippen LogP contribution is 2.26. The second-order valence-electron chi connectivity index (χ2n) is 6.02. The number of nitrogens with two attached hydrogens (primary N) is 1. The van der Waals surface area contributed by atoms with Crippen molar-refractivity contribution < 1.29 is 4.79 Å². The summed E-state index contributed by atoms with van der Waals surface area (Å²) >= 11 is 0. The van der Waals surface area contributed by atoms with Crippen molar-refractivity contribution in [2.45, 2.75) is 53.0 Å². The minimum atomic E-state index is -0.392. The number of carbonyl (C=O) groups is 1. The van der Waals surface area contributed by atoms with E-state index in [1.54, 1.807) is 6.92 Å². The number of aromatic nitrogens is 2. The maximum Gasteiger partial charge on any atom is 0.242 e. The van der Waals surface area contributed by atoms with Crippen molar-refractivity contribution in [3.63, 3.8) is 0 Å². The van der Waals surface area contributed by atoms with Gasteiger partial charge in [-0.25, -0.2) is 15.8 Å². The van der Waals surface area contributed by atoms with Crippen molar-refractivity contribution >= 4 is 17.5 Å². The molecule has 0 aliphatic heterocycles. The molecule has 1 atom stereocenters. The first-order chi connectivity index (χ1) is 9.70. The molecule has 118 valence electrons. The molecule has 7 heteroatoms. The predicted octanol–water partition coefficient (Wildman–Crippen LogP) is 1.30. The number of anilines is 2. The Kier molecular flexibility index (Phi) is 5.48. The molecule has 0 spiro atoms. The fraction of sp³-hybridized carbons (Fsp3) is 0.643. The van der Waals surface area contributed by atoms with Crippen LogP contribution in [-0.4, -0.2) is 28.5 Å². The summed E-state index contributed by atoms with van der Waals surface area (Å²) in [6.07, 6.45) is 0. The average Bonchev–Trinajstić information content (AvgIpc) is 2.39. The fourth-order valence-corrected chi connectivity index (χ4v) is 1.73. The van der Waals surface area contributed by atoms with Gasteiger partial charge in [-0.2, -0.15) is 0 Å². The highest BCUT2D eigenvalue weighted by molar-refractivity contribution is 5.84. The number of hydrazine groups is 1. The van der Waals surface area contributed by atoms with Crippen LogP contribution in [0, 0.1) is 6.92 Å². The lowest BCUT2D eigenvalue weighted by molar-refractivity contribution is -0.121. The Morgan fingerprint density at radius 2 is 1.86 bits per heavy atom. The normalized spacial score (nSPS) is 12.7. The molecular weight excluding hydrogens is 268 g/mol. The third-order valence-electron chi connectivity index (χ3n) is 3.05. The summed E-state index contributed by atoms with van der Waals surface area (Å²) < 4.78 is 0. The van der Waals surface area contributed by atoms with Gasteiger partial charge in [0.05, 0.1) is 0 Å². The molecule has 0 saturated carbocycles. The Labute approximate surface area is 126 Å². The van der Waals surface area contributed by atoms with Crippen LogP contribution in [0.15, 0.2) is 0 Å². The van der Waals surface area contributed by atoms with Gasteiger partial charge in [-0.3, -0.25) is 4.79 Å². The van der Waals surface area contributed by atoms with Gasteiger partial charge in [0.25, 0.3) is 0 Å². The van der Waals surface area contributed by atoms with Crippen molar-refractivity contribution in [3.05, 3.63) is 11.4 Å². The van der Waals surface area contributed by atoms with Crippen LogP contribution in [0.4, 0.5) is 11.6 Å². The molecule has 1 unspecified atom stereocenters. The van der Waals surface area contributed by atoms with Crippen LogP contribution in [0.3, 0.4) is 0 Å². The maximum absolute atomic E-state index is 11.8. The number of carbonyl (C=O) groups excluding carboxylic acids is 1. The highest BCUT2D eigenvalue weighted by Gasteiger charge is 2.22. The van der Waals surface area contributed by atoms with E-state index in [1.807, 2.05) is 34.6 Å². The predicted molar refractivity (Wildman–Crippen MR) is 85.0 cm³/mol. The fourth-order valence-electron chi connectivity index (χ4n) is 1.73. The van der Waals surface area contributed by atoms with Crippen molar-refractivity contribution in [3.8, 4) is 0 Å². The summed E-state index contributed by atoms with van der Waals surface area (Å²) in [6, 6.07) is -0.392. The van der Waals surface area contributed by atoms with Gasteiger partial charge < -0.3 is 16.1 Å². The Hall–Kier alpha value is -1.89. The molecule has 0 aliphatic carbocycles. The third-order valence-corrected chi connectivity index (χ3v) is 3.05. The molecule has 21 heavy (non-hydrogen) atoms. The van der Waals surface area contributed by atoms with E-state index in [0.717, 1.165) is 5.56 Å². The topological polar surface area (TPSA) is 105 Å². The first-order valence-corrected chi connectivity index (χ1v) is 7.10. The summed E-state index contributed by atoms with van der Waals surface area (Å²) in [5.74, 6) is 7.28. The van der Waals surface area contributed by atoms with Gasteiger partial charge in [-0.1, -0.05) is 20.8 Å². The standard InChI is InChI=1S/C14H26N6O/c1-7-16-12(21)9(3)17-10-8(2)11(20-15)19-13(18-10)14(4,5)6/h9H,7,15H2,1-6H3,(H,16,21)(H2,17,18,19,20). The van der Waals surface area contributed by atoms with Gasteiger partial charge in [0.1, 0.15) is 23.5 Å². The molecule has 1 heterocycles. The third kappa shape index (κ3) is 4.29. The lowest BCUT2D eigenvalue weighted by Gasteiger charge is -2.22. The second kappa shape index (κ2) is 6.71. The van der Waals surface area contributed by atoms with E-state index in [9.17, 15) is 4.79 Å². The zero-order chi connectivity index (χ0) is 16.2. The van der Waals surface area contributed by atoms with Gasteiger partial charge in [-0.15, -0.1) is 0 Å². The number of nitrogens with zero attached hydrogens (tertiary/aromatic N) is 2. The molecule has 0 radical (unpaired) electrons. The number of amides is 1.